The molecule has 4 atom stereocenters. The van der Waals surface area contributed by atoms with E-state index in [4.69, 9.17) is 10.5 Å². The summed E-state index contributed by atoms with van der Waals surface area (Å²) in [7, 11) is 0. The van der Waals surface area contributed by atoms with Crippen molar-refractivity contribution in [2.75, 3.05) is 6.61 Å². The zero-order valence-corrected chi connectivity index (χ0v) is 10.4. The quantitative estimate of drug-likeness (QED) is 0.849. The number of rotatable bonds is 2. The third kappa shape index (κ3) is 1.95. The van der Waals surface area contributed by atoms with Gasteiger partial charge in [-0.1, -0.05) is 25.1 Å². The molecule has 0 saturated heterocycles. The number of para-hydroxylation sites is 1. The molecule has 1 aliphatic carbocycles. The number of nitrogens with two attached hydrogens (primary N) is 1. The van der Waals surface area contributed by atoms with E-state index >= 15 is 0 Å². The third-order valence-electron chi connectivity index (χ3n) is 4.68. The summed E-state index contributed by atoms with van der Waals surface area (Å²) in [4.78, 5) is 0. The van der Waals surface area contributed by atoms with Crippen LogP contribution in [0.5, 0.6) is 5.75 Å². The molecule has 1 saturated carbocycles. The Morgan fingerprint density at radius 3 is 2.88 bits per heavy atom. The lowest BCUT2D eigenvalue weighted by Gasteiger charge is -2.20. The molecule has 17 heavy (non-hydrogen) atoms. The molecule has 2 aliphatic rings. The van der Waals surface area contributed by atoms with E-state index in [0.717, 1.165) is 18.3 Å². The van der Waals surface area contributed by atoms with Crippen LogP contribution in [0.2, 0.25) is 0 Å². The van der Waals surface area contributed by atoms with Crippen molar-refractivity contribution in [1.29, 1.82) is 0 Å². The van der Waals surface area contributed by atoms with Gasteiger partial charge in [0.1, 0.15) is 5.75 Å². The number of ether oxygens (including phenoxy) is 1. The van der Waals surface area contributed by atoms with Crippen LogP contribution in [0, 0.1) is 11.8 Å². The van der Waals surface area contributed by atoms with Crippen molar-refractivity contribution in [3.05, 3.63) is 29.8 Å². The SMILES string of the molecule is CC1C(N)CCC1CC1COc2ccccc21. The van der Waals surface area contributed by atoms with Crippen molar-refractivity contribution in [2.45, 2.75) is 38.1 Å². The van der Waals surface area contributed by atoms with Crippen LogP contribution in [0.1, 0.15) is 37.7 Å². The number of hydrogen-bond acceptors (Lipinski definition) is 2. The Morgan fingerprint density at radius 2 is 2.12 bits per heavy atom. The molecule has 1 fully saturated rings. The summed E-state index contributed by atoms with van der Waals surface area (Å²) in [6, 6.07) is 8.88. The largest absolute Gasteiger partial charge is 0.493 e. The monoisotopic (exact) mass is 231 g/mol. The molecule has 2 N–H and O–H groups in total. The molecule has 1 aliphatic heterocycles. The summed E-state index contributed by atoms with van der Waals surface area (Å²) in [6.45, 7) is 3.17. The minimum absolute atomic E-state index is 0.414. The molecule has 1 aromatic rings. The van der Waals surface area contributed by atoms with E-state index in [0.29, 0.717) is 17.9 Å². The van der Waals surface area contributed by atoms with Gasteiger partial charge in [-0.05, 0) is 37.2 Å². The molecule has 3 rings (SSSR count). The Balaban J connectivity index is 1.72. The summed E-state index contributed by atoms with van der Waals surface area (Å²) in [6.07, 6.45) is 3.73. The average molecular weight is 231 g/mol. The highest BCUT2D eigenvalue weighted by molar-refractivity contribution is 5.39. The van der Waals surface area contributed by atoms with Crippen LogP contribution in [0.25, 0.3) is 0 Å². The van der Waals surface area contributed by atoms with Crippen LogP contribution in [0.3, 0.4) is 0 Å². The van der Waals surface area contributed by atoms with Crippen molar-refractivity contribution in [1.82, 2.24) is 0 Å². The molecule has 0 aromatic heterocycles. The van der Waals surface area contributed by atoms with Gasteiger partial charge < -0.3 is 10.5 Å². The maximum atomic E-state index is 6.11. The second kappa shape index (κ2) is 4.34. The van der Waals surface area contributed by atoms with Gasteiger partial charge in [-0.15, -0.1) is 0 Å². The van der Waals surface area contributed by atoms with E-state index in [-0.39, 0.29) is 0 Å². The lowest BCUT2D eigenvalue weighted by molar-refractivity contribution is 0.284. The fourth-order valence-electron chi connectivity index (χ4n) is 3.40. The normalized spacial score (nSPS) is 35.6. The number of hydrogen-bond donors (Lipinski definition) is 1. The standard InChI is InChI=1S/C15H21NO/c1-10-11(6-7-14(10)16)8-12-9-17-15-5-3-2-4-13(12)15/h2-5,10-12,14H,6-9,16H2,1H3. The molecule has 1 aromatic carbocycles. The molecular weight excluding hydrogens is 210 g/mol. The Bertz CT molecular complexity index is 404. The zero-order chi connectivity index (χ0) is 11.8. The lowest BCUT2D eigenvalue weighted by atomic mass is 9.84. The summed E-state index contributed by atoms with van der Waals surface area (Å²) in [5.74, 6) is 3.13. The fourth-order valence-corrected chi connectivity index (χ4v) is 3.40. The second-order valence-corrected chi connectivity index (χ2v) is 5.64. The average Bonchev–Trinajstić information content (AvgIpc) is 2.89. The van der Waals surface area contributed by atoms with Crippen LogP contribution in [-0.4, -0.2) is 12.6 Å². The molecule has 1 heterocycles. The maximum Gasteiger partial charge on any atom is 0.122 e. The molecule has 0 radical (unpaired) electrons. The van der Waals surface area contributed by atoms with Crippen molar-refractivity contribution in [3.8, 4) is 5.75 Å². The molecule has 2 nitrogen and oxygen atoms in total. The highest BCUT2D eigenvalue weighted by Gasteiger charge is 2.34. The van der Waals surface area contributed by atoms with Crippen LogP contribution in [0.4, 0.5) is 0 Å². The van der Waals surface area contributed by atoms with Crippen LogP contribution in [-0.2, 0) is 0 Å². The van der Waals surface area contributed by atoms with Crippen molar-refractivity contribution >= 4 is 0 Å². The zero-order valence-electron chi connectivity index (χ0n) is 10.4. The predicted molar refractivity (Wildman–Crippen MR) is 69.2 cm³/mol. The van der Waals surface area contributed by atoms with Crippen molar-refractivity contribution < 1.29 is 4.74 Å². The second-order valence-electron chi connectivity index (χ2n) is 5.64. The molecule has 4 unspecified atom stereocenters. The van der Waals surface area contributed by atoms with Crippen LogP contribution < -0.4 is 10.5 Å². The number of benzene rings is 1. The highest BCUT2D eigenvalue weighted by atomic mass is 16.5. The summed E-state index contributed by atoms with van der Waals surface area (Å²) < 4.78 is 5.75. The number of fused-ring (bicyclic) bond motifs is 1. The Labute approximate surface area is 103 Å². The van der Waals surface area contributed by atoms with Gasteiger partial charge >= 0.3 is 0 Å². The van der Waals surface area contributed by atoms with Gasteiger partial charge in [-0.3, -0.25) is 0 Å². The van der Waals surface area contributed by atoms with Crippen LogP contribution >= 0.6 is 0 Å². The molecule has 92 valence electrons. The van der Waals surface area contributed by atoms with E-state index in [1.165, 1.54) is 24.8 Å². The Hall–Kier alpha value is -1.02. The van der Waals surface area contributed by atoms with Crippen molar-refractivity contribution in [3.63, 3.8) is 0 Å². The van der Waals surface area contributed by atoms with Gasteiger partial charge in [-0.2, -0.15) is 0 Å². The van der Waals surface area contributed by atoms with E-state index < -0.39 is 0 Å². The summed E-state index contributed by atoms with van der Waals surface area (Å²) in [5, 5.41) is 0. The first kappa shape index (κ1) is 11.1. The maximum absolute atomic E-state index is 6.11. The first-order chi connectivity index (χ1) is 8.25. The third-order valence-corrected chi connectivity index (χ3v) is 4.68. The van der Waals surface area contributed by atoms with Gasteiger partial charge in [0.2, 0.25) is 0 Å². The predicted octanol–water partition coefficient (Wildman–Crippen LogP) is 2.93. The van der Waals surface area contributed by atoms with E-state index in [2.05, 4.69) is 31.2 Å². The smallest absolute Gasteiger partial charge is 0.122 e. The van der Waals surface area contributed by atoms with Crippen molar-refractivity contribution in [2.24, 2.45) is 17.6 Å². The lowest BCUT2D eigenvalue weighted by Crippen LogP contribution is -2.25. The topological polar surface area (TPSA) is 35.2 Å². The highest BCUT2D eigenvalue weighted by Crippen LogP contribution is 2.42. The van der Waals surface area contributed by atoms with Crippen LogP contribution in [0.15, 0.2) is 24.3 Å². The minimum Gasteiger partial charge on any atom is -0.493 e. The summed E-state index contributed by atoms with van der Waals surface area (Å²) >= 11 is 0. The van der Waals surface area contributed by atoms with E-state index in [9.17, 15) is 0 Å². The molecule has 0 bridgehead atoms. The Morgan fingerprint density at radius 1 is 1.29 bits per heavy atom. The van der Waals surface area contributed by atoms with Gasteiger partial charge in [0.15, 0.2) is 0 Å². The first-order valence-electron chi connectivity index (χ1n) is 6.73. The van der Waals surface area contributed by atoms with Gasteiger partial charge in [0, 0.05) is 17.5 Å². The van der Waals surface area contributed by atoms with E-state index in [1.54, 1.807) is 0 Å². The first-order valence-corrected chi connectivity index (χ1v) is 6.73. The van der Waals surface area contributed by atoms with Gasteiger partial charge in [0.05, 0.1) is 6.61 Å². The molecule has 2 heteroatoms. The Kier molecular flexibility index (Phi) is 2.83. The van der Waals surface area contributed by atoms with Gasteiger partial charge in [0.25, 0.3) is 0 Å². The summed E-state index contributed by atoms with van der Waals surface area (Å²) in [5.41, 5.74) is 7.51. The molecule has 0 spiro atoms. The molecular formula is C15H21NO. The molecule has 0 amide bonds. The van der Waals surface area contributed by atoms with Gasteiger partial charge in [-0.25, -0.2) is 0 Å². The van der Waals surface area contributed by atoms with E-state index in [1.807, 2.05) is 0 Å². The minimum atomic E-state index is 0.414. The fraction of sp³-hybridized carbons (Fsp3) is 0.600.